The van der Waals surface area contributed by atoms with Crippen molar-refractivity contribution in [2.24, 2.45) is 5.92 Å². The molecule has 3 aromatic rings. The topological polar surface area (TPSA) is 61.7 Å². The third kappa shape index (κ3) is 5.32. The minimum absolute atomic E-state index is 0.00297. The molecule has 0 aliphatic carbocycles. The second-order valence-electron chi connectivity index (χ2n) is 10.4. The molecule has 2 aromatic carbocycles. The number of hydrogen-bond donors (Lipinski definition) is 0. The molecule has 194 valence electrons. The van der Waals surface area contributed by atoms with Crippen LogP contribution in [0, 0.1) is 12.8 Å². The van der Waals surface area contributed by atoms with E-state index in [0.29, 0.717) is 37.2 Å². The number of piperidine rings is 1. The average Bonchev–Trinajstić information content (AvgIpc) is 3.38. The first kappa shape index (κ1) is 25.2. The first-order chi connectivity index (χ1) is 17.9. The van der Waals surface area contributed by atoms with Gasteiger partial charge in [0.05, 0.1) is 11.3 Å². The van der Waals surface area contributed by atoms with Gasteiger partial charge in [-0.15, -0.1) is 0 Å². The minimum atomic E-state index is -0.0140. The van der Waals surface area contributed by atoms with Crippen LogP contribution in [0.1, 0.15) is 41.3 Å². The molecule has 2 saturated heterocycles. The molecule has 0 N–H and O–H groups in total. The van der Waals surface area contributed by atoms with Gasteiger partial charge in [-0.25, -0.2) is 4.68 Å². The second-order valence-corrected chi connectivity index (χ2v) is 10.4. The van der Waals surface area contributed by atoms with Crippen LogP contribution in [0.3, 0.4) is 0 Å². The van der Waals surface area contributed by atoms with E-state index >= 15 is 0 Å². The summed E-state index contributed by atoms with van der Waals surface area (Å²) in [5.74, 6) is 0.243. The van der Waals surface area contributed by atoms with Crippen LogP contribution in [0.25, 0.3) is 16.9 Å². The number of rotatable bonds is 5. The van der Waals surface area contributed by atoms with E-state index in [4.69, 9.17) is 5.10 Å². The van der Waals surface area contributed by atoms with Crippen molar-refractivity contribution in [2.45, 2.75) is 33.1 Å². The molecule has 37 heavy (non-hydrogen) atoms. The molecular weight excluding hydrogens is 462 g/mol. The van der Waals surface area contributed by atoms with Crippen molar-refractivity contribution in [1.82, 2.24) is 24.5 Å². The van der Waals surface area contributed by atoms with E-state index in [9.17, 15) is 9.59 Å². The first-order valence-corrected chi connectivity index (χ1v) is 13.5. The van der Waals surface area contributed by atoms with Crippen molar-refractivity contribution in [1.29, 1.82) is 0 Å². The normalized spacial score (nSPS) is 17.3. The predicted molar refractivity (Wildman–Crippen MR) is 146 cm³/mol. The Kier molecular flexibility index (Phi) is 7.42. The molecule has 0 atom stereocenters. The van der Waals surface area contributed by atoms with E-state index in [2.05, 4.69) is 56.1 Å². The van der Waals surface area contributed by atoms with Crippen molar-refractivity contribution in [2.75, 3.05) is 46.3 Å². The number of likely N-dealkylation sites (tertiary alicyclic amines) is 1. The zero-order chi connectivity index (χ0) is 25.9. The summed E-state index contributed by atoms with van der Waals surface area (Å²) in [5, 5.41) is 4.90. The number of nitrogens with zero attached hydrogens (tertiary/aromatic N) is 5. The summed E-state index contributed by atoms with van der Waals surface area (Å²) in [5.41, 5.74) is 5.56. The lowest BCUT2D eigenvalue weighted by Gasteiger charge is -2.37. The maximum Gasteiger partial charge on any atom is 0.257 e. The monoisotopic (exact) mass is 499 g/mol. The van der Waals surface area contributed by atoms with E-state index < -0.39 is 0 Å². The highest BCUT2D eigenvalue weighted by molar-refractivity contribution is 6.00. The van der Waals surface area contributed by atoms with Gasteiger partial charge in [0.2, 0.25) is 5.91 Å². The van der Waals surface area contributed by atoms with E-state index in [-0.39, 0.29) is 17.7 Å². The van der Waals surface area contributed by atoms with Crippen LogP contribution in [-0.4, -0.2) is 82.6 Å². The van der Waals surface area contributed by atoms with Crippen LogP contribution in [-0.2, 0) is 11.2 Å². The number of benzene rings is 2. The lowest BCUT2D eigenvalue weighted by molar-refractivity contribution is -0.138. The molecular formula is C30H37N5O2. The Bertz CT molecular complexity index is 1250. The fourth-order valence-electron chi connectivity index (χ4n) is 5.37. The number of para-hydroxylation sites is 1. The molecule has 2 fully saturated rings. The fraction of sp³-hybridized carbons (Fsp3) is 0.433. The Balaban J connectivity index is 1.36. The van der Waals surface area contributed by atoms with Crippen LogP contribution in [0.4, 0.5) is 0 Å². The maximum absolute atomic E-state index is 13.8. The van der Waals surface area contributed by atoms with Crippen molar-refractivity contribution in [3.63, 3.8) is 0 Å². The molecule has 2 amide bonds. The van der Waals surface area contributed by atoms with E-state index in [1.165, 1.54) is 5.56 Å². The Morgan fingerprint density at radius 3 is 2.22 bits per heavy atom. The quantitative estimate of drug-likeness (QED) is 0.532. The average molecular weight is 500 g/mol. The molecule has 7 nitrogen and oxygen atoms in total. The van der Waals surface area contributed by atoms with Gasteiger partial charge in [0.1, 0.15) is 5.69 Å². The number of hydrogen-bond acceptors (Lipinski definition) is 4. The van der Waals surface area contributed by atoms with Crippen molar-refractivity contribution in [3.8, 4) is 16.9 Å². The maximum atomic E-state index is 13.8. The summed E-state index contributed by atoms with van der Waals surface area (Å²) in [6.45, 7) is 8.82. The minimum Gasteiger partial charge on any atom is -0.340 e. The largest absolute Gasteiger partial charge is 0.340 e. The predicted octanol–water partition coefficient (Wildman–Crippen LogP) is 4.04. The summed E-state index contributed by atoms with van der Waals surface area (Å²) in [6, 6.07) is 16.4. The SMILES string of the molecule is CCc1ccc(-c2nn(-c3ccccc3C)cc2C(=O)N2CCC(C(=O)N3CCN(C)CC3)CC2)cc1. The molecule has 0 spiro atoms. The number of aryl methyl sites for hydroxylation is 2. The lowest BCUT2D eigenvalue weighted by Crippen LogP contribution is -2.51. The van der Waals surface area contributed by atoms with Gasteiger partial charge in [0.15, 0.2) is 0 Å². The summed E-state index contributed by atoms with van der Waals surface area (Å²) in [4.78, 5) is 33.1. The van der Waals surface area contributed by atoms with Gasteiger partial charge in [-0.3, -0.25) is 9.59 Å². The van der Waals surface area contributed by atoms with Crippen LogP contribution in [0.5, 0.6) is 0 Å². The van der Waals surface area contributed by atoms with Crippen molar-refractivity contribution >= 4 is 11.8 Å². The molecule has 0 bridgehead atoms. The van der Waals surface area contributed by atoms with E-state index in [0.717, 1.165) is 49.4 Å². The number of carbonyl (C=O) groups is 2. The van der Waals surface area contributed by atoms with Crippen LogP contribution in [0.15, 0.2) is 54.7 Å². The fourth-order valence-corrected chi connectivity index (χ4v) is 5.37. The van der Waals surface area contributed by atoms with Gasteiger partial charge < -0.3 is 14.7 Å². The molecule has 0 radical (unpaired) electrons. The third-order valence-electron chi connectivity index (χ3n) is 7.89. The summed E-state index contributed by atoms with van der Waals surface area (Å²) in [7, 11) is 2.10. The summed E-state index contributed by atoms with van der Waals surface area (Å²) >= 11 is 0. The van der Waals surface area contributed by atoms with Gasteiger partial charge in [-0.1, -0.05) is 49.4 Å². The Labute approximate surface area is 219 Å². The molecule has 7 heteroatoms. The number of aromatic nitrogens is 2. The highest BCUT2D eigenvalue weighted by Gasteiger charge is 2.33. The Morgan fingerprint density at radius 1 is 0.892 bits per heavy atom. The lowest BCUT2D eigenvalue weighted by atomic mass is 9.94. The molecule has 2 aliphatic rings. The Morgan fingerprint density at radius 2 is 1.57 bits per heavy atom. The zero-order valence-corrected chi connectivity index (χ0v) is 22.2. The second kappa shape index (κ2) is 10.9. The van der Waals surface area contributed by atoms with Crippen molar-refractivity contribution < 1.29 is 9.59 Å². The molecule has 2 aliphatic heterocycles. The molecule has 1 aromatic heterocycles. The number of carbonyl (C=O) groups excluding carboxylic acids is 2. The molecule has 5 rings (SSSR count). The van der Waals surface area contributed by atoms with Crippen LogP contribution in [0.2, 0.25) is 0 Å². The van der Waals surface area contributed by atoms with Gasteiger partial charge in [0.25, 0.3) is 5.91 Å². The number of likely N-dealkylation sites (N-methyl/N-ethyl adjacent to an activating group) is 1. The summed E-state index contributed by atoms with van der Waals surface area (Å²) < 4.78 is 1.83. The van der Waals surface area contributed by atoms with Gasteiger partial charge in [0, 0.05) is 56.9 Å². The van der Waals surface area contributed by atoms with Gasteiger partial charge in [-0.05, 0) is 50.4 Å². The van der Waals surface area contributed by atoms with Gasteiger partial charge >= 0.3 is 0 Å². The Hall–Kier alpha value is -3.45. The molecule has 0 unspecified atom stereocenters. The van der Waals surface area contributed by atoms with Crippen molar-refractivity contribution in [3.05, 3.63) is 71.4 Å². The van der Waals surface area contributed by atoms with Crippen LogP contribution >= 0.6 is 0 Å². The molecule has 0 saturated carbocycles. The van der Waals surface area contributed by atoms with E-state index in [1.807, 2.05) is 38.9 Å². The van der Waals surface area contributed by atoms with Crippen LogP contribution < -0.4 is 0 Å². The smallest absolute Gasteiger partial charge is 0.257 e. The number of amides is 2. The number of piperazine rings is 1. The highest BCUT2D eigenvalue weighted by Crippen LogP contribution is 2.28. The standard InChI is InChI=1S/C30H37N5O2/c1-4-23-9-11-24(12-10-23)28-26(21-35(31-28)27-8-6-5-7-22(27)2)30(37)33-15-13-25(14-16-33)29(36)34-19-17-32(3)18-20-34/h5-12,21,25H,4,13-20H2,1-3H3. The van der Waals surface area contributed by atoms with Gasteiger partial charge in [-0.2, -0.15) is 5.10 Å². The molecule has 3 heterocycles. The third-order valence-corrected chi connectivity index (χ3v) is 7.89. The zero-order valence-electron chi connectivity index (χ0n) is 22.2. The first-order valence-electron chi connectivity index (χ1n) is 13.5. The van der Waals surface area contributed by atoms with E-state index in [1.54, 1.807) is 0 Å². The highest BCUT2D eigenvalue weighted by atomic mass is 16.2. The summed E-state index contributed by atoms with van der Waals surface area (Å²) in [6.07, 6.45) is 4.26.